The van der Waals surface area contributed by atoms with E-state index in [9.17, 15) is 19.2 Å². The molecule has 4 rings (SSSR count). The minimum Gasteiger partial charge on any atom is -0.464 e. The molecular weight excluding hydrogens is 660 g/mol. The quantitative estimate of drug-likeness (QED) is 0.0595. The van der Waals surface area contributed by atoms with E-state index in [0.717, 1.165) is 16.8 Å². The predicted molar refractivity (Wildman–Crippen MR) is 200 cm³/mol. The second-order valence-corrected chi connectivity index (χ2v) is 12.2. The summed E-state index contributed by atoms with van der Waals surface area (Å²) in [5.74, 6) is -1.39. The van der Waals surface area contributed by atoms with Gasteiger partial charge in [0.05, 0.1) is 18.0 Å². The Balaban J connectivity index is 1.33. The fourth-order valence-corrected chi connectivity index (χ4v) is 5.15. The Morgan fingerprint density at radius 1 is 0.712 bits per heavy atom. The number of nitrogens with one attached hydrogen (secondary N) is 3. The van der Waals surface area contributed by atoms with Gasteiger partial charge in [0.1, 0.15) is 18.7 Å². The normalized spacial score (nSPS) is 12.0. The maximum Gasteiger partial charge on any atom is 0.408 e. The Morgan fingerprint density at radius 3 is 2.06 bits per heavy atom. The van der Waals surface area contributed by atoms with Gasteiger partial charge in [0, 0.05) is 38.3 Å². The molecule has 52 heavy (non-hydrogen) atoms. The van der Waals surface area contributed by atoms with Gasteiger partial charge in [0.15, 0.2) is 0 Å². The second kappa shape index (κ2) is 20.6. The van der Waals surface area contributed by atoms with Gasteiger partial charge in [-0.25, -0.2) is 9.59 Å². The van der Waals surface area contributed by atoms with Crippen LogP contribution in [0.5, 0.6) is 0 Å². The van der Waals surface area contributed by atoms with Crippen LogP contribution in [0.3, 0.4) is 0 Å². The summed E-state index contributed by atoms with van der Waals surface area (Å²) in [4.78, 5) is 54.1. The number of ether oxygens (including phenoxy) is 2. The third-order valence-corrected chi connectivity index (χ3v) is 7.95. The minimum atomic E-state index is -1.01. The van der Waals surface area contributed by atoms with Crippen LogP contribution in [0.25, 0.3) is 0 Å². The summed E-state index contributed by atoms with van der Waals surface area (Å²) in [6.45, 7) is 2.20. The van der Waals surface area contributed by atoms with Crippen molar-refractivity contribution in [1.82, 2.24) is 16.0 Å². The molecule has 4 aromatic rings. The Bertz CT molecular complexity index is 1770. The molecule has 0 unspecified atom stereocenters. The molecule has 0 heterocycles. The van der Waals surface area contributed by atoms with Gasteiger partial charge in [-0.3, -0.25) is 9.59 Å². The van der Waals surface area contributed by atoms with E-state index in [0.29, 0.717) is 36.3 Å². The number of hydrogen-bond donors (Lipinski definition) is 3. The number of esters is 1. The maximum absolute atomic E-state index is 13.6. The highest BCUT2D eigenvalue weighted by Crippen LogP contribution is 2.22. The van der Waals surface area contributed by atoms with E-state index in [1.807, 2.05) is 104 Å². The summed E-state index contributed by atoms with van der Waals surface area (Å²) in [6, 6.07) is 31.0. The van der Waals surface area contributed by atoms with Gasteiger partial charge in [0.25, 0.3) is 5.91 Å². The Hall–Kier alpha value is -6.04. The summed E-state index contributed by atoms with van der Waals surface area (Å²) in [6.07, 6.45) is 0.671. The molecule has 0 saturated heterocycles. The molecule has 0 aliphatic carbocycles. The molecule has 3 N–H and O–H groups in total. The van der Waals surface area contributed by atoms with Crippen LogP contribution in [0.1, 0.15) is 47.7 Å². The number of rotatable bonds is 18. The average molecular weight is 707 g/mol. The SMILES string of the molecule is CCOC(=O)[C@H](Cc1ccccc1)NC(=O)[C@H](CCCCNC(=O)c1cccc(N=Nc2ccc(N(C)C)cc2)c1)NC(=O)OCc1ccccc1. The van der Waals surface area contributed by atoms with Crippen molar-refractivity contribution in [3.05, 3.63) is 126 Å². The number of anilines is 1. The van der Waals surface area contributed by atoms with Crippen LogP contribution in [0.2, 0.25) is 0 Å². The molecule has 12 heteroatoms. The van der Waals surface area contributed by atoms with Crippen LogP contribution in [0.15, 0.2) is 119 Å². The van der Waals surface area contributed by atoms with E-state index in [1.165, 1.54) is 0 Å². The highest BCUT2D eigenvalue weighted by Gasteiger charge is 2.28. The number of carbonyl (C=O) groups excluding carboxylic acids is 4. The van der Waals surface area contributed by atoms with Crippen molar-refractivity contribution in [1.29, 1.82) is 0 Å². The zero-order valence-corrected chi connectivity index (χ0v) is 29.8. The second-order valence-electron chi connectivity index (χ2n) is 12.2. The highest BCUT2D eigenvalue weighted by atomic mass is 16.5. The number of azo groups is 1. The van der Waals surface area contributed by atoms with Crippen LogP contribution >= 0.6 is 0 Å². The van der Waals surface area contributed by atoms with E-state index < -0.39 is 30.1 Å². The number of amides is 3. The summed E-state index contributed by atoms with van der Waals surface area (Å²) in [7, 11) is 3.93. The first-order valence-electron chi connectivity index (χ1n) is 17.3. The molecule has 0 spiro atoms. The molecule has 0 saturated carbocycles. The lowest BCUT2D eigenvalue weighted by Crippen LogP contribution is -2.52. The van der Waals surface area contributed by atoms with Crippen molar-refractivity contribution < 1.29 is 28.7 Å². The number of unbranched alkanes of at least 4 members (excludes halogenated alkanes) is 1. The predicted octanol–water partition coefficient (Wildman–Crippen LogP) is 6.65. The number of benzene rings is 4. The smallest absolute Gasteiger partial charge is 0.408 e. The van der Waals surface area contributed by atoms with Crippen LogP contribution < -0.4 is 20.9 Å². The van der Waals surface area contributed by atoms with Gasteiger partial charge in [-0.1, -0.05) is 66.7 Å². The topological polar surface area (TPSA) is 151 Å². The first-order valence-corrected chi connectivity index (χ1v) is 17.3. The van der Waals surface area contributed by atoms with Gasteiger partial charge >= 0.3 is 12.1 Å². The van der Waals surface area contributed by atoms with Crippen molar-refractivity contribution in [2.24, 2.45) is 10.2 Å². The van der Waals surface area contributed by atoms with Gasteiger partial charge in [-0.15, -0.1) is 0 Å². The molecule has 0 fully saturated rings. The fourth-order valence-electron chi connectivity index (χ4n) is 5.15. The van der Waals surface area contributed by atoms with E-state index in [-0.39, 0.29) is 32.0 Å². The molecule has 0 aromatic heterocycles. The third-order valence-electron chi connectivity index (χ3n) is 7.95. The summed E-state index contributed by atoms with van der Waals surface area (Å²) < 4.78 is 10.6. The van der Waals surface area contributed by atoms with Crippen molar-refractivity contribution >= 4 is 40.9 Å². The summed E-state index contributed by atoms with van der Waals surface area (Å²) in [5, 5.41) is 16.9. The molecule has 2 atom stereocenters. The maximum atomic E-state index is 13.6. The summed E-state index contributed by atoms with van der Waals surface area (Å²) >= 11 is 0. The zero-order chi connectivity index (χ0) is 37.1. The third kappa shape index (κ3) is 13.0. The van der Waals surface area contributed by atoms with Crippen LogP contribution in [0.4, 0.5) is 21.9 Å². The zero-order valence-electron chi connectivity index (χ0n) is 29.8. The fraction of sp³-hybridized carbons (Fsp3) is 0.300. The van der Waals surface area contributed by atoms with Gasteiger partial charge in [-0.05, 0) is 79.8 Å². The molecule has 0 radical (unpaired) electrons. The van der Waals surface area contributed by atoms with E-state index in [2.05, 4.69) is 26.2 Å². The van der Waals surface area contributed by atoms with Gasteiger partial charge in [-0.2, -0.15) is 10.2 Å². The Kier molecular flexibility index (Phi) is 15.3. The Labute approximate surface area is 304 Å². The first kappa shape index (κ1) is 38.8. The number of nitrogens with zero attached hydrogens (tertiary/aromatic N) is 3. The average Bonchev–Trinajstić information content (AvgIpc) is 3.16. The Morgan fingerprint density at radius 2 is 1.38 bits per heavy atom. The highest BCUT2D eigenvalue weighted by molar-refractivity contribution is 5.95. The van der Waals surface area contributed by atoms with Crippen molar-refractivity contribution in [2.75, 3.05) is 32.1 Å². The van der Waals surface area contributed by atoms with E-state index in [1.54, 1.807) is 31.2 Å². The van der Waals surface area contributed by atoms with E-state index >= 15 is 0 Å². The van der Waals surface area contributed by atoms with Crippen LogP contribution in [0, 0.1) is 0 Å². The van der Waals surface area contributed by atoms with E-state index in [4.69, 9.17) is 9.47 Å². The molecule has 4 aromatic carbocycles. The summed E-state index contributed by atoms with van der Waals surface area (Å²) in [5.41, 5.74) is 4.35. The lowest BCUT2D eigenvalue weighted by atomic mass is 10.0. The molecule has 12 nitrogen and oxygen atoms in total. The largest absolute Gasteiger partial charge is 0.464 e. The number of alkyl carbamates (subject to hydrolysis) is 1. The van der Waals surface area contributed by atoms with Crippen molar-refractivity contribution in [3.63, 3.8) is 0 Å². The molecular formula is C40H46N6O6. The van der Waals surface area contributed by atoms with Gasteiger partial charge < -0.3 is 30.3 Å². The number of hydrogen-bond acceptors (Lipinski definition) is 9. The lowest BCUT2D eigenvalue weighted by Gasteiger charge is -2.22. The molecule has 0 bridgehead atoms. The van der Waals surface area contributed by atoms with Gasteiger partial charge in [0.2, 0.25) is 5.91 Å². The van der Waals surface area contributed by atoms with Crippen molar-refractivity contribution in [3.8, 4) is 0 Å². The monoisotopic (exact) mass is 706 g/mol. The number of carbonyl (C=O) groups is 4. The lowest BCUT2D eigenvalue weighted by molar-refractivity contribution is -0.147. The van der Waals surface area contributed by atoms with Crippen molar-refractivity contribution in [2.45, 2.75) is 51.3 Å². The first-order chi connectivity index (χ1) is 25.2. The molecule has 0 aliphatic heterocycles. The minimum absolute atomic E-state index is 0.0267. The molecule has 0 aliphatic rings. The standard InChI is InChI=1S/C40H46N6O6/c1-4-51-39(49)36(26-29-14-7-5-8-15-29)42-38(48)35(43-40(50)52-28-30-16-9-6-10-17-30)20-11-12-25-41-37(47)31-18-13-19-33(27-31)45-44-32-21-23-34(24-22-32)46(2)3/h5-10,13-19,21-24,27,35-36H,4,11-12,20,25-26,28H2,1-3H3,(H,41,47)(H,42,48)(H,43,50)/t35-,36-/m0/s1. The molecule has 3 amide bonds. The van der Waals surface area contributed by atoms with Crippen LogP contribution in [-0.4, -0.2) is 63.2 Å². The molecule has 272 valence electrons. The van der Waals surface area contributed by atoms with Crippen LogP contribution in [-0.2, 0) is 32.1 Å².